The minimum absolute atomic E-state index is 0.653. The summed E-state index contributed by atoms with van der Waals surface area (Å²) < 4.78 is 0. The summed E-state index contributed by atoms with van der Waals surface area (Å²) in [4.78, 5) is 0. The maximum Gasteiger partial charge on any atom is -0.0227 e. The Morgan fingerprint density at radius 1 is 1.20 bits per heavy atom. The van der Waals surface area contributed by atoms with Crippen LogP contribution in [0.2, 0.25) is 0 Å². The molecule has 0 aromatic heterocycles. The minimum Gasteiger partial charge on any atom is -0.103 e. The number of rotatable bonds is 4. The van der Waals surface area contributed by atoms with Crippen molar-refractivity contribution < 1.29 is 0 Å². The third-order valence-corrected chi connectivity index (χ3v) is 1.36. The summed E-state index contributed by atoms with van der Waals surface area (Å²) in [5.41, 5.74) is 0. The topological polar surface area (TPSA) is 0 Å². The number of allylic oxidation sites excluding steroid dienone is 3. The fourth-order valence-corrected chi connectivity index (χ4v) is 0.753. The van der Waals surface area contributed by atoms with Gasteiger partial charge in [-0.3, -0.25) is 0 Å². The van der Waals surface area contributed by atoms with Crippen molar-refractivity contribution in [2.45, 2.75) is 27.2 Å². The first-order valence-electron chi connectivity index (χ1n) is 3.96. The summed E-state index contributed by atoms with van der Waals surface area (Å²) in [7, 11) is 0. The lowest BCUT2D eigenvalue weighted by atomic mass is 10.1. The molecule has 1 unspecified atom stereocenters. The lowest BCUT2D eigenvalue weighted by Gasteiger charge is -2.01. The molecule has 0 N–H and O–H groups in total. The molecule has 58 valence electrons. The van der Waals surface area contributed by atoms with E-state index in [1.807, 2.05) is 6.08 Å². The Kier molecular flexibility index (Phi) is 5.00. The van der Waals surface area contributed by atoms with E-state index >= 15 is 0 Å². The Bertz CT molecular complexity index is 109. The molecule has 0 nitrogen and oxygen atoms in total. The van der Waals surface area contributed by atoms with E-state index in [1.54, 1.807) is 0 Å². The van der Waals surface area contributed by atoms with Gasteiger partial charge in [0.1, 0.15) is 0 Å². The van der Waals surface area contributed by atoms with E-state index < -0.39 is 0 Å². The standard InChI is InChI=1S/C10H18/c1-5-6-10(4)8-7-9(2)3/h5,7-10H,1,6H2,2-4H3. The third-order valence-electron chi connectivity index (χ3n) is 1.36. The Hall–Kier alpha value is -0.520. The van der Waals surface area contributed by atoms with Crippen molar-refractivity contribution >= 4 is 0 Å². The van der Waals surface area contributed by atoms with E-state index in [2.05, 4.69) is 39.5 Å². The lowest BCUT2D eigenvalue weighted by Crippen LogP contribution is -1.87. The van der Waals surface area contributed by atoms with E-state index in [4.69, 9.17) is 0 Å². The molecule has 0 heteroatoms. The van der Waals surface area contributed by atoms with Gasteiger partial charge in [0.15, 0.2) is 0 Å². The Labute approximate surface area is 64.6 Å². The molecule has 0 rings (SSSR count). The van der Waals surface area contributed by atoms with Crippen LogP contribution in [0.15, 0.2) is 24.8 Å². The molecular weight excluding hydrogens is 120 g/mol. The van der Waals surface area contributed by atoms with Crippen LogP contribution in [0.4, 0.5) is 0 Å². The normalized spacial score (nSPS) is 14.4. The molecule has 0 aliphatic heterocycles. The van der Waals surface area contributed by atoms with Gasteiger partial charge in [-0.2, -0.15) is 0 Å². The summed E-state index contributed by atoms with van der Waals surface area (Å²) in [6, 6.07) is 0. The van der Waals surface area contributed by atoms with Crippen molar-refractivity contribution in [1.82, 2.24) is 0 Å². The van der Waals surface area contributed by atoms with Gasteiger partial charge in [-0.25, -0.2) is 0 Å². The van der Waals surface area contributed by atoms with Crippen LogP contribution in [0, 0.1) is 11.8 Å². The van der Waals surface area contributed by atoms with Crippen LogP contribution in [0.25, 0.3) is 0 Å². The zero-order valence-corrected chi connectivity index (χ0v) is 7.30. The van der Waals surface area contributed by atoms with Gasteiger partial charge in [0.05, 0.1) is 0 Å². The molecule has 0 saturated carbocycles. The number of hydrogen-bond acceptors (Lipinski definition) is 0. The Morgan fingerprint density at radius 2 is 1.80 bits per heavy atom. The van der Waals surface area contributed by atoms with Crippen LogP contribution in [-0.4, -0.2) is 0 Å². The van der Waals surface area contributed by atoms with E-state index in [1.165, 1.54) is 0 Å². The van der Waals surface area contributed by atoms with Crippen LogP contribution in [0.3, 0.4) is 0 Å². The summed E-state index contributed by atoms with van der Waals surface area (Å²) >= 11 is 0. The minimum atomic E-state index is 0.653. The molecule has 0 aliphatic rings. The fourth-order valence-electron chi connectivity index (χ4n) is 0.753. The Balaban J connectivity index is 3.54. The highest BCUT2D eigenvalue weighted by atomic mass is 14.0. The molecule has 0 heterocycles. The molecule has 0 aromatic rings. The van der Waals surface area contributed by atoms with E-state index in [0.29, 0.717) is 11.8 Å². The van der Waals surface area contributed by atoms with Gasteiger partial charge in [-0.15, -0.1) is 6.58 Å². The summed E-state index contributed by atoms with van der Waals surface area (Å²) in [5.74, 6) is 1.33. The van der Waals surface area contributed by atoms with Crippen molar-refractivity contribution in [2.24, 2.45) is 11.8 Å². The largest absolute Gasteiger partial charge is 0.103 e. The van der Waals surface area contributed by atoms with Gasteiger partial charge in [0.25, 0.3) is 0 Å². The first kappa shape index (κ1) is 9.48. The average Bonchev–Trinajstić information content (AvgIpc) is 1.85. The quantitative estimate of drug-likeness (QED) is 0.522. The first-order chi connectivity index (χ1) is 4.66. The third kappa shape index (κ3) is 5.61. The molecule has 0 amide bonds. The molecule has 0 saturated heterocycles. The SMILES string of the molecule is C=CCC(C)C=CC(C)C. The highest BCUT2D eigenvalue weighted by Crippen LogP contribution is 2.05. The zero-order chi connectivity index (χ0) is 7.98. The maximum atomic E-state index is 3.69. The van der Waals surface area contributed by atoms with Crippen LogP contribution in [0.5, 0.6) is 0 Å². The van der Waals surface area contributed by atoms with Crippen molar-refractivity contribution in [1.29, 1.82) is 0 Å². The van der Waals surface area contributed by atoms with Gasteiger partial charge in [0, 0.05) is 0 Å². The molecule has 0 aliphatic carbocycles. The van der Waals surface area contributed by atoms with Gasteiger partial charge >= 0.3 is 0 Å². The molecule has 0 bridgehead atoms. The van der Waals surface area contributed by atoms with Gasteiger partial charge in [0.2, 0.25) is 0 Å². The first-order valence-corrected chi connectivity index (χ1v) is 3.96. The highest BCUT2D eigenvalue weighted by Gasteiger charge is 1.91. The monoisotopic (exact) mass is 138 g/mol. The second kappa shape index (κ2) is 5.28. The maximum absolute atomic E-state index is 3.69. The lowest BCUT2D eigenvalue weighted by molar-refractivity contribution is 0.725. The van der Waals surface area contributed by atoms with E-state index in [-0.39, 0.29) is 0 Å². The molecule has 0 aromatic carbocycles. The molecule has 10 heavy (non-hydrogen) atoms. The van der Waals surface area contributed by atoms with Gasteiger partial charge in [-0.1, -0.05) is 39.0 Å². The predicted molar refractivity (Wildman–Crippen MR) is 48.0 cm³/mol. The van der Waals surface area contributed by atoms with Crippen molar-refractivity contribution in [3.8, 4) is 0 Å². The van der Waals surface area contributed by atoms with Crippen LogP contribution < -0.4 is 0 Å². The Morgan fingerprint density at radius 3 is 2.20 bits per heavy atom. The smallest absolute Gasteiger partial charge is 0.0227 e. The van der Waals surface area contributed by atoms with Gasteiger partial charge < -0.3 is 0 Å². The molecular formula is C10H18. The second-order valence-corrected chi connectivity index (χ2v) is 3.13. The highest BCUT2D eigenvalue weighted by molar-refractivity contribution is 4.91. The van der Waals surface area contributed by atoms with Crippen LogP contribution in [0.1, 0.15) is 27.2 Å². The zero-order valence-electron chi connectivity index (χ0n) is 7.30. The fraction of sp³-hybridized carbons (Fsp3) is 0.600. The van der Waals surface area contributed by atoms with E-state index in [0.717, 1.165) is 6.42 Å². The summed E-state index contributed by atoms with van der Waals surface area (Å²) in [6.45, 7) is 10.3. The van der Waals surface area contributed by atoms with Crippen molar-refractivity contribution in [3.05, 3.63) is 24.8 Å². The number of hydrogen-bond donors (Lipinski definition) is 0. The average molecular weight is 138 g/mol. The van der Waals surface area contributed by atoms with Crippen LogP contribution >= 0.6 is 0 Å². The molecule has 0 radical (unpaired) electrons. The second-order valence-electron chi connectivity index (χ2n) is 3.13. The van der Waals surface area contributed by atoms with Crippen molar-refractivity contribution in [3.63, 3.8) is 0 Å². The van der Waals surface area contributed by atoms with Gasteiger partial charge in [-0.05, 0) is 18.3 Å². The molecule has 0 spiro atoms. The summed E-state index contributed by atoms with van der Waals surface area (Å²) in [6.07, 6.45) is 7.55. The predicted octanol–water partition coefficient (Wildman–Crippen LogP) is 3.41. The van der Waals surface area contributed by atoms with E-state index in [9.17, 15) is 0 Å². The molecule has 1 atom stereocenters. The van der Waals surface area contributed by atoms with Crippen molar-refractivity contribution in [2.75, 3.05) is 0 Å². The summed E-state index contributed by atoms with van der Waals surface area (Å²) in [5, 5.41) is 0. The van der Waals surface area contributed by atoms with Crippen LogP contribution in [-0.2, 0) is 0 Å². The molecule has 0 fully saturated rings.